The summed E-state index contributed by atoms with van der Waals surface area (Å²) in [6.07, 6.45) is -3.73. The van der Waals surface area contributed by atoms with Gasteiger partial charge in [-0.25, -0.2) is 4.79 Å². The van der Waals surface area contributed by atoms with Gasteiger partial charge in [0.1, 0.15) is 5.75 Å². The van der Waals surface area contributed by atoms with E-state index < -0.39 is 11.7 Å². The van der Waals surface area contributed by atoms with Crippen LogP contribution in [0, 0.1) is 0 Å². The van der Waals surface area contributed by atoms with E-state index in [1.54, 1.807) is 14.2 Å². The molecule has 1 N–H and O–H groups in total. The summed E-state index contributed by atoms with van der Waals surface area (Å²) in [5, 5.41) is 2.89. The van der Waals surface area contributed by atoms with E-state index in [2.05, 4.69) is 5.32 Å². The van der Waals surface area contributed by atoms with Gasteiger partial charge in [0.25, 0.3) is 0 Å². The molecule has 0 aromatic heterocycles. The van der Waals surface area contributed by atoms with Gasteiger partial charge >= 0.3 is 12.2 Å². The van der Waals surface area contributed by atoms with Gasteiger partial charge in [-0.3, -0.25) is 0 Å². The summed E-state index contributed by atoms with van der Waals surface area (Å²) in [4.78, 5) is 13.7. The zero-order valence-electron chi connectivity index (χ0n) is 15.5. The third-order valence-electron chi connectivity index (χ3n) is 4.09. The molecule has 0 aliphatic rings. The average Bonchev–Trinajstić information content (AvgIpc) is 2.61. The van der Waals surface area contributed by atoms with Crippen molar-refractivity contribution in [1.82, 2.24) is 10.2 Å². The monoisotopic (exact) mass is 380 g/mol. The molecule has 1 atom stereocenters. The predicted octanol–water partition coefficient (Wildman–Crippen LogP) is 4.49. The van der Waals surface area contributed by atoms with E-state index in [0.717, 1.165) is 23.4 Å². The normalized spacial score (nSPS) is 12.4. The molecule has 0 heterocycles. The van der Waals surface area contributed by atoms with Gasteiger partial charge in [0.2, 0.25) is 0 Å². The Morgan fingerprint density at radius 1 is 1.15 bits per heavy atom. The first-order chi connectivity index (χ1) is 12.7. The first-order valence-corrected chi connectivity index (χ1v) is 8.49. The lowest BCUT2D eigenvalue weighted by molar-refractivity contribution is -0.137. The Labute approximate surface area is 156 Å². The number of halogens is 3. The second kappa shape index (κ2) is 8.79. The largest absolute Gasteiger partial charge is 0.497 e. The SMILES string of the molecule is COc1cccc(CC(C)NC(=O)N(C)Cc2ccc(C(F)(F)F)cc2)c1. The van der Waals surface area contributed by atoms with Crippen LogP contribution in [0.3, 0.4) is 0 Å². The number of nitrogens with zero attached hydrogens (tertiary/aromatic N) is 1. The van der Waals surface area contributed by atoms with Crippen molar-refractivity contribution in [1.29, 1.82) is 0 Å². The molecule has 2 amide bonds. The molecule has 0 saturated heterocycles. The molecule has 27 heavy (non-hydrogen) atoms. The van der Waals surface area contributed by atoms with Crippen LogP contribution in [0.4, 0.5) is 18.0 Å². The van der Waals surface area contributed by atoms with Crippen molar-refractivity contribution in [3.63, 3.8) is 0 Å². The summed E-state index contributed by atoms with van der Waals surface area (Å²) >= 11 is 0. The van der Waals surface area contributed by atoms with Crippen molar-refractivity contribution in [3.8, 4) is 5.75 Å². The maximum Gasteiger partial charge on any atom is 0.416 e. The molecule has 0 spiro atoms. The van der Waals surface area contributed by atoms with Crippen LogP contribution in [-0.4, -0.2) is 31.1 Å². The molecule has 0 aliphatic carbocycles. The lowest BCUT2D eigenvalue weighted by Crippen LogP contribution is -2.42. The number of methoxy groups -OCH3 is 1. The van der Waals surface area contributed by atoms with Crippen LogP contribution in [0.2, 0.25) is 0 Å². The maximum atomic E-state index is 12.6. The number of carbonyl (C=O) groups excluding carboxylic acids is 1. The second-order valence-electron chi connectivity index (χ2n) is 6.46. The highest BCUT2D eigenvalue weighted by atomic mass is 19.4. The van der Waals surface area contributed by atoms with Crippen LogP contribution in [0.1, 0.15) is 23.6 Å². The van der Waals surface area contributed by atoms with E-state index in [4.69, 9.17) is 4.74 Å². The standard InChI is InChI=1S/C20H23F3N2O2/c1-14(11-16-5-4-6-18(12-16)27-3)24-19(26)25(2)13-15-7-9-17(10-8-15)20(21,22)23/h4-10,12,14H,11,13H2,1-3H3,(H,24,26). The zero-order valence-corrected chi connectivity index (χ0v) is 15.5. The van der Waals surface area contributed by atoms with E-state index in [0.29, 0.717) is 12.0 Å². The van der Waals surface area contributed by atoms with Gasteiger partial charge in [-0.15, -0.1) is 0 Å². The fourth-order valence-electron chi connectivity index (χ4n) is 2.67. The summed E-state index contributed by atoms with van der Waals surface area (Å²) in [5.74, 6) is 0.755. The molecule has 1 unspecified atom stereocenters. The lowest BCUT2D eigenvalue weighted by Gasteiger charge is -2.22. The Balaban J connectivity index is 1.89. The maximum absolute atomic E-state index is 12.6. The predicted molar refractivity (Wildman–Crippen MR) is 97.6 cm³/mol. The number of hydrogen-bond donors (Lipinski definition) is 1. The van der Waals surface area contributed by atoms with Gasteiger partial charge in [0, 0.05) is 19.6 Å². The Morgan fingerprint density at radius 2 is 1.81 bits per heavy atom. The van der Waals surface area contributed by atoms with Crippen molar-refractivity contribution in [2.45, 2.75) is 32.1 Å². The van der Waals surface area contributed by atoms with Crippen molar-refractivity contribution >= 4 is 6.03 Å². The Hall–Kier alpha value is -2.70. The van der Waals surface area contributed by atoms with Crippen molar-refractivity contribution < 1.29 is 22.7 Å². The summed E-state index contributed by atoms with van der Waals surface area (Å²) < 4.78 is 43.0. The number of hydrogen-bond acceptors (Lipinski definition) is 2. The van der Waals surface area contributed by atoms with E-state index in [-0.39, 0.29) is 18.6 Å². The molecule has 0 aliphatic heterocycles. The van der Waals surface area contributed by atoms with Crippen LogP contribution in [0.15, 0.2) is 48.5 Å². The fourth-order valence-corrected chi connectivity index (χ4v) is 2.67. The molecule has 4 nitrogen and oxygen atoms in total. The van der Waals surface area contributed by atoms with Gasteiger partial charge in [-0.05, 0) is 48.7 Å². The van der Waals surface area contributed by atoms with Crippen molar-refractivity contribution in [2.24, 2.45) is 0 Å². The number of alkyl halides is 3. The number of amides is 2. The van der Waals surface area contributed by atoms with Crippen molar-refractivity contribution in [3.05, 3.63) is 65.2 Å². The summed E-state index contributed by atoms with van der Waals surface area (Å²) in [5.41, 5.74) is 0.957. The Morgan fingerprint density at radius 3 is 2.41 bits per heavy atom. The van der Waals surface area contributed by atoms with Crippen LogP contribution < -0.4 is 10.1 Å². The zero-order chi connectivity index (χ0) is 20.0. The molecule has 0 radical (unpaired) electrons. The van der Waals surface area contributed by atoms with E-state index >= 15 is 0 Å². The number of carbonyl (C=O) groups is 1. The van der Waals surface area contributed by atoms with Crippen LogP contribution >= 0.6 is 0 Å². The van der Waals surface area contributed by atoms with Gasteiger partial charge in [-0.1, -0.05) is 24.3 Å². The third-order valence-corrected chi connectivity index (χ3v) is 4.09. The second-order valence-corrected chi connectivity index (χ2v) is 6.46. The van der Waals surface area contributed by atoms with Gasteiger partial charge < -0.3 is 15.0 Å². The lowest BCUT2D eigenvalue weighted by atomic mass is 10.1. The first kappa shape index (κ1) is 20.6. The minimum absolute atomic E-state index is 0.111. The summed E-state index contributed by atoms with van der Waals surface area (Å²) in [6, 6.07) is 12.0. The Kier molecular flexibility index (Phi) is 6.71. The molecular weight excluding hydrogens is 357 g/mol. The Bertz CT molecular complexity index is 761. The van der Waals surface area contributed by atoms with Crippen LogP contribution in [0.5, 0.6) is 5.75 Å². The minimum Gasteiger partial charge on any atom is -0.497 e. The third kappa shape index (κ3) is 6.20. The molecule has 2 aromatic rings. The molecule has 0 fully saturated rings. The smallest absolute Gasteiger partial charge is 0.416 e. The summed E-state index contributed by atoms with van der Waals surface area (Å²) in [6.45, 7) is 2.11. The number of benzene rings is 2. The topological polar surface area (TPSA) is 41.6 Å². The van der Waals surface area contributed by atoms with Crippen molar-refractivity contribution in [2.75, 3.05) is 14.2 Å². The van der Waals surface area contributed by atoms with E-state index in [1.807, 2.05) is 31.2 Å². The molecular formula is C20H23F3N2O2. The van der Waals surface area contributed by atoms with Gasteiger partial charge in [0.15, 0.2) is 0 Å². The van der Waals surface area contributed by atoms with Gasteiger partial charge in [0.05, 0.1) is 12.7 Å². The van der Waals surface area contributed by atoms with E-state index in [1.165, 1.54) is 17.0 Å². The van der Waals surface area contributed by atoms with E-state index in [9.17, 15) is 18.0 Å². The molecule has 146 valence electrons. The number of rotatable bonds is 6. The highest BCUT2D eigenvalue weighted by Gasteiger charge is 2.30. The molecule has 2 aromatic carbocycles. The highest BCUT2D eigenvalue weighted by molar-refractivity contribution is 5.74. The minimum atomic E-state index is -4.36. The quantitative estimate of drug-likeness (QED) is 0.803. The highest BCUT2D eigenvalue weighted by Crippen LogP contribution is 2.29. The van der Waals surface area contributed by atoms with Crippen LogP contribution in [-0.2, 0) is 19.1 Å². The fraction of sp³-hybridized carbons (Fsp3) is 0.350. The molecule has 7 heteroatoms. The summed E-state index contributed by atoms with van der Waals surface area (Å²) in [7, 11) is 3.20. The molecule has 0 bridgehead atoms. The number of urea groups is 1. The first-order valence-electron chi connectivity index (χ1n) is 8.49. The van der Waals surface area contributed by atoms with Gasteiger partial charge in [-0.2, -0.15) is 13.2 Å². The molecule has 0 saturated carbocycles. The molecule has 2 rings (SSSR count). The number of ether oxygens (including phenoxy) is 1. The number of nitrogens with one attached hydrogen (secondary N) is 1. The van der Waals surface area contributed by atoms with Crippen LogP contribution in [0.25, 0.3) is 0 Å². The average molecular weight is 380 g/mol.